The Morgan fingerprint density at radius 2 is 1.97 bits per heavy atom. The molecule has 2 aromatic carbocycles. The number of nitrogens with zero attached hydrogens (tertiary/aromatic N) is 3. The van der Waals surface area contributed by atoms with Crippen molar-refractivity contribution in [2.45, 2.75) is 33.1 Å². The number of nitrogens with one attached hydrogen (secondary N) is 1. The van der Waals surface area contributed by atoms with Gasteiger partial charge in [0.2, 0.25) is 6.10 Å². The summed E-state index contributed by atoms with van der Waals surface area (Å²) in [6, 6.07) is 12.4. The number of methoxy groups -OCH3 is 1. The second kappa shape index (κ2) is 9.72. The van der Waals surface area contributed by atoms with Crippen molar-refractivity contribution in [1.29, 1.82) is 0 Å². The van der Waals surface area contributed by atoms with Crippen molar-refractivity contribution in [3.05, 3.63) is 69.5 Å². The number of aromatic nitrogens is 2. The molecule has 1 aliphatic rings. The summed E-state index contributed by atoms with van der Waals surface area (Å²) in [5.41, 5.74) is 3.58. The zero-order chi connectivity index (χ0) is 23.5. The van der Waals surface area contributed by atoms with Gasteiger partial charge in [-0.3, -0.25) is 4.79 Å². The molecule has 8 nitrogen and oxygen atoms in total. The maximum atomic E-state index is 12.8. The first kappa shape index (κ1) is 22.9. The summed E-state index contributed by atoms with van der Waals surface area (Å²) in [7, 11) is 1.61. The third kappa shape index (κ3) is 5.07. The fourth-order valence-corrected chi connectivity index (χ4v) is 3.87. The van der Waals surface area contributed by atoms with E-state index in [2.05, 4.69) is 15.6 Å². The molecule has 1 aromatic heterocycles. The van der Waals surface area contributed by atoms with E-state index in [-0.39, 0.29) is 12.6 Å². The minimum Gasteiger partial charge on any atom is -0.497 e. The van der Waals surface area contributed by atoms with Gasteiger partial charge >= 0.3 is 0 Å². The van der Waals surface area contributed by atoms with Gasteiger partial charge in [0.05, 0.1) is 34.9 Å². The minimum atomic E-state index is -0.728. The van der Waals surface area contributed by atoms with Crippen molar-refractivity contribution >= 4 is 40.5 Å². The molecular formula is C23H22Cl2N4O4. The number of carbonyl (C=O) groups is 1. The topological polar surface area (TPSA) is 87.0 Å². The van der Waals surface area contributed by atoms with Gasteiger partial charge in [0.25, 0.3) is 5.91 Å². The monoisotopic (exact) mass is 488 g/mol. The molecule has 33 heavy (non-hydrogen) atoms. The fourth-order valence-electron chi connectivity index (χ4n) is 3.40. The van der Waals surface area contributed by atoms with Crippen LogP contribution in [0.15, 0.2) is 47.6 Å². The lowest BCUT2D eigenvalue weighted by atomic mass is 10.0. The van der Waals surface area contributed by atoms with E-state index in [1.807, 2.05) is 38.1 Å². The van der Waals surface area contributed by atoms with Gasteiger partial charge in [-0.15, -0.1) is 0 Å². The van der Waals surface area contributed by atoms with Crippen molar-refractivity contribution in [1.82, 2.24) is 9.78 Å². The van der Waals surface area contributed by atoms with Crippen molar-refractivity contribution in [2.24, 2.45) is 5.16 Å². The Balaban J connectivity index is 1.39. The van der Waals surface area contributed by atoms with Gasteiger partial charge in [-0.05, 0) is 61.9 Å². The zero-order valence-electron chi connectivity index (χ0n) is 18.3. The van der Waals surface area contributed by atoms with Crippen LogP contribution >= 0.6 is 23.2 Å². The summed E-state index contributed by atoms with van der Waals surface area (Å²) in [6.45, 7) is 3.77. The first-order chi connectivity index (χ1) is 15.9. The van der Waals surface area contributed by atoms with Crippen LogP contribution in [0.3, 0.4) is 0 Å². The summed E-state index contributed by atoms with van der Waals surface area (Å²) >= 11 is 12.1. The summed E-state index contributed by atoms with van der Waals surface area (Å²) in [5.74, 6) is 0.939. The molecule has 4 rings (SSSR count). The number of oxime groups is 1. The summed E-state index contributed by atoms with van der Waals surface area (Å²) in [6.07, 6.45) is -0.365. The smallest absolute Gasteiger partial charge is 0.268 e. The lowest BCUT2D eigenvalue weighted by Crippen LogP contribution is -2.28. The molecule has 0 saturated carbocycles. The predicted octanol–water partition coefficient (Wildman–Crippen LogP) is 4.98. The van der Waals surface area contributed by atoms with Crippen molar-refractivity contribution in [3.8, 4) is 11.5 Å². The molecule has 2 heterocycles. The van der Waals surface area contributed by atoms with E-state index in [9.17, 15) is 4.79 Å². The number of ether oxygens (including phenoxy) is 2. The highest BCUT2D eigenvalue weighted by molar-refractivity contribution is 6.35. The second-order valence-electron chi connectivity index (χ2n) is 7.45. The normalized spacial score (nSPS) is 15.1. The van der Waals surface area contributed by atoms with Crippen LogP contribution in [0.5, 0.6) is 11.5 Å². The van der Waals surface area contributed by atoms with Crippen LogP contribution in [0.4, 0.5) is 5.69 Å². The number of halogens is 2. The Bertz CT molecular complexity index is 1210. The Labute approximate surface area is 201 Å². The lowest BCUT2D eigenvalue weighted by molar-refractivity contribution is -0.125. The molecule has 0 spiro atoms. The highest BCUT2D eigenvalue weighted by Crippen LogP contribution is 2.28. The van der Waals surface area contributed by atoms with Crippen molar-refractivity contribution in [2.75, 3.05) is 12.4 Å². The zero-order valence-corrected chi connectivity index (χ0v) is 19.8. The van der Waals surface area contributed by atoms with Crippen LogP contribution in [-0.4, -0.2) is 34.6 Å². The van der Waals surface area contributed by atoms with E-state index in [0.717, 1.165) is 17.0 Å². The van der Waals surface area contributed by atoms with Gasteiger partial charge in [0.1, 0.15) is 11.5 Å². The molecule has 0 saturated heterocycles. The fraction of sp³-hybridized carbons (Fsp3) is 0.261. The van der Waals surface area contributed by atoms with Crippen LogP contribution < -0.4 is 14.8 Å². The maximum Gasteiger partial charge on any atom is 0.268 e. The number of hydrogen-bond donors (Lipinski definition) is 1. The number of amides is 1. The molecular weight excluding hydrogens is 467 g/mol. The highest BCUT2D eigenvalue weighted by Gasteiger charge is 2.30. The molecule has 1 N–H and O–H groups in total. The summed E-state index contributed by atoms with van der Waals surface area (Å²) in [5, 5.41) is 12.4. The molecule has 0 aliphatic carbocycles. The number of aryl methyl sites for hydroxylation is 1. The molecule has 3 aromatic rings. The number of benzene rings is 2. The van der Waals surface area contributed by atoms with Gasteiger partial charge in [-0.1, -0.05) is 28.4 Å². The van der Waals surface area contributed by atoms with E-state index >= 15 is 0 Å². The third-order valence-corrected chi connectivity index (χ3v) is 5.78. The Kier molecular flexibility index (Phi) is 6.76. The third-order valence-electron chi connectivity index (χ3n) is 5.25. The molecule has 0 radical (unpaired) electrons. The van der Waals surface area contributed by atoms with E-state index < -0.39 is 6.10 Å². The number of rotatable bonds is 7. The maximum absolute atomic E-state index is 12.8. The predicted molar refractivity (Wildman–Crippen MR) is 126 cm³/mol. The average Bonchev–Trinajstić information content (AvgIpc) is 3.40. The van der Waals surface area contributed by atoms with Gasteiger partial charge in [0, 0.05) is 11.4 Å². The van der Waals surface area contributed by atoms with E-state index in [4.69, 9.17) is 37.5 Å². The quantitative estimate of drug-likeness (QED) is 0.506. The van der Waals surface area contributed by atoms with Crippen molar-refractivity contribution in [3.63, 3.8) is 0 Å². The van der Waals surface area contributed by atoms with Crippen LogP contribution in [0.1, 0.15) is 23.4 Å². The summed E-state index contributed by atoms with van der Waals surface area (Å²) < 4.78 is 12.6. The van der Waals surface area contributed by atoms with Crippen LogP contribution in [0, 0.1) is 13.8 Å². The largest absolute Gasteiger partial charge is 0.497 e. The SMILES string of the molecule is COc1ccc(C2=NOC(C(=O)Nc3c(C)nn(COc4ccc(Cl)cc4Cl)c3C)C2)cc1. The molecule has 1 aliphatic heterocycles. The van der Waals surface area contributed by atoms with Gasteiger partial charge < -0.3 is 19.6 Å². The van der Waals surface area contributed by atoms with Crippen LogP contribution in [-0.2, 0) is 16.4 Å². The van der Waals surface area contributed by atoms with Gasteiger partial charge in [0.15, 0.2) is 6.73 Å². The molecule has 1 amide bonds. The van der Waals surface area contributed by atoms with Gasteiger partial charge in [-0.2, -0.15) is 5.10 Å². The Hall–Kier alpha value is -3.23. The molecule has 0 fully saturated rings. The van der Waals surface area contributed by atoms with Gasteiger partial charge in [-0.25, -0.2) is 4.68 Å². The van der Waals surface area contributed by atoms with E-state index in [1.54, 1.807) is 30.0 Å². The minimum absolute atomic E-state index is 0.120. The number of carbonyl (C=O) groups excluding carboxylic acids is 1. The van der Waals surface area contributed by atoms with Crippen molar-refractivity contribution < 1.29 is 19.1 Å². The lowest BCUT2D eigenvalue weighted by Gasteiger charge is -2.11. The van der Waals surface area contributed by atoms with E-state index in [0.29, 0.717) is 39.3 Å². The first-order valence-electron chi connectivity index (χ1n) is 10.2. The molecule has 1 unspecified atom stereocenters. The average molecular weight is 489 g/mol. The molecule has 10 heteroatoms. The molecule has 0 bridgehead atoms. The highest BCUT2D eigenvalue weighted by atomic mass is 35.5. The van der Waals surface area contributed by atoms with Crippen LogP contribution in [0.2, 0.25) is 10.0 Å². The number of anilines is 1. The summed E-state index contributed by atoms with van der Waals surface area (Å²) in [4.78, 5) is 18.2. The first-order valence-corrected chi connectivity index (χ1v) is 10.9. The Morgan fingerprint density at radius 3 is 2.67 bits per heavy atom. The van der Waals surface area contributed by atoms with Crippen LogP contribution in [0.25, 0.3) is 0 Å². The number of hydrogen-bond acceptors (Lipinski definition) is 6. The molecule has 1 atom stereocenters. The van der Waals surface area contributed by atoms with E-state index in [1.165, 1.54) is 0 Å². The Morgan fingerprint density at radius 1 is 1.21 bits per heavy atom. The molecule has 172 valence electrons. The second-order valence-corrected chi connectivity index (χ2v) is 8.29. The standard InChI is InChI=1S/C23H22Cl2N4O4/c1-13-22(14(2)29(27-13)12-32-20-9-6-16(24)10-18(20)25)26-23(30)21-11-19(28-33-21)15-4-7-17(31-3)8-5-15/h4-10,21H,11-12H2,1-3H3,(H,26,30).